The Kier molecular flexibility index (Phi) is 10.7. The fourth-order valence-electron chi connectivity index (χ4n) is 1.99. The van der Waals surface area contributed by atoms with Gasteiger partial charge in [0.1, 0.15) is 11.4 Å². The molecule has 0 atom stereocenters. The number of benzene rings is 2. The van der Waals surface area contributed by atoms with Crippen LogP contribution in [0.2, 0.25) is 0 Å². The van der Waals surface area contributed by atoms with E-state index in [9.17, 15) is 0 Å². The number of nitrogens with zero attached hydrogens (tertiary/aromatic N) is 4. The summed E-state index contributed by atoms with van der Waals surface area (Å²) in [6, 6.07) is 17.1. The van der Waals surface area contributed by atoms with Gasteiger partial charge in [-0.1, -0.05) is 42.5 Å². The second kappa shape index (κ2) is 12.5. The second-order valence-electron chi connectivity index (χ2n) is 5.12. The predicted octanol–water partition coefficient (Wildman–Crippen LogP) is 2.33. The molecule has 10 heteroatoms. The molecule has 0 spiro atoms. The fraction of sp³-hybridized carbons (Fsp3) is 0.111. The maximum Gasteiger partial charge on any atom is 2.00 e. The molecule has 0 heterocycles. The Morgan fingerprint density at radius 3 is 1.57 bits per heavy atom. The van der Waals surface area contributed by atoms with Crippen molar-refractivity contribution in [2.45, 2.75) is 4.90 Å². The molecule has 0 aliphatic carbocycles. The van der Waals surface area contributed by atoms with E-state index in [1.807, 2.05) is 54.6 Å². The van der Waals surface area contributed by atoms with Gasteiger partial charge < -0.3 is 35.9 Å². The average Bonchev–Trinajstić information content (AvgIpc) is 2.71. The third-order valence-electron chi connectivity index (χ3n) is 3.32. The third-order valence-corrected chi connectivity index (χ3v) is 4.19. The molecule has 0 unspecified atom stereocenters. The Balaban J connectivity index is 0.00000392. The minimum atomic E-state index is 0. The standard InChI is InChI=1S/C18H20N6S3.Cu/c1-19-17(26)23-21-15(12-6-4-3-5-7-12)16(22-24-18(27)20-2)13-8-10-14(25)11-9-13;/h3-11,25H,1-2H3,(H2,19,23,26)(H2,20,24,27);/q;+2/p-2. The van der Waals surface area contributed by atoms with Crippen LogP contribution in [0.1, 0.15) is 11.1 Å². The molecule has 2 aromatic rings. The summed E-state index contributed by atoms with van der Waals surface area (Å²) in [7, 11) is 3.37. The van der Waals surface area contributed by atoms with Gasteiger partial charge in [-0.25, -0.2) is 0 Å². The van der Waals surface area contributed by atoms with Crippen molar-refractivity contribution in [3.63, 3.8) is 0 Å². The zero-order chi connectivity index (χ0) is 19.6. The predicted molar refractivity (Wildman–Crippen MR) is 121 cm³/mol. The molecule has 0 amide bonds. The first-order valence-electron chi connectivity index (χ1n) is 7.91. The van der Waals surface area contributed by atoms with Crippen molar-refractivity contribution in [2.24, 2.45) is 20.4 Å². The third kappa shape index (κ3) is 7.21. The molecule has 0 aromatic heterocycles. The minimum absolute atomic E-state index is 0. The second-order valence-corrected chi connectivity index (χ2v) is 6.41. The summed E-state index contributed by atoms with van der Waals surface area (Å²) in [5.74, 6) is 0. The summed E-state index contributed by atoms with van der Waals surface area (Å²) in [5, 5.41) is 22.8. The Labute approximate surface area is 191 Å². The van der Waals surface area contributed by atoms with Gasteiger partial charge >= 0.3 is 17.1 Å². The molecule has 28 heavy (non-hydrogen) atoms. The summed E-state index contributed by atoms with van der Waals surface area (Å²) in [6.07, 6.45) is 0. The van der Waals surface area contributed by atoms with E-state index >= 15 is 0 Å². The van der Waals surface area contributed by atoms with Gasteiger partial charge in [0.05, 0.1) is 0 Å². The average molecular weight is 478 g/mol. The molecule has 0 saturated carbocycles. The first-order valence-corrected chi connectivity index (χ1v) is 9.17. The summed E-state index contributed by atoms with van der Waals surface area (Å²) in [5.41, 5.74) is 2.64. The SMILES string of the molecule is CNC([S-])=NN=C(C(=NN=C([S-])NC)c1ccc(S)cc1)c1ccccc1.[Cu+2]. The number of hydrogen-bond acceptors (Lipinski definition) is 7. The van der Waals surface area contributed by atoms with Crippen LogP contribution in [0, 0.1) is 0 Å². The molecule has 0 aliphatic heterocycles. The quantitative estimate of drug-likeness (QED) is 0.154. The maximum absolute atomic E-state index is 5.08. The summed E-state index contributed by atoms with van der Waals surface area (Å²) < 4.78 is 0. The molecule has 0 bridgehead atoms. The smallest absolute Gasteiger partial charge is 0.741 e. The van der Waals surface area contributed by atoms with Crippen LogP contribution < -0.4 is 10.6 Å². The van der Waals surface area contributed by atoms with Gasteiger partial charge in [0.2, 0.25) is 0 Å². The molecule has 2 rings (SSSR count). The topological polar surface area (TPSA) is 73.5 Å². The number of nitrogens with one attached hydrogen (secondary N) is 2. The molecular weight excluding hydrogens is 460 g/mol. The van der Waals surface area contributed by atoms with E-state index in [0.29, 0.717) is 11.4 Å². The van der Waals surface area contributed by atoms with E-state index in [0.717, 1.165) is 16.0 Å². The molecule has 6 nitrogen and oxygen atoms in total. The van der Waals surface area contributed by atoms with Crippen molar-refractivity contribution in [3.05, 3.63) is 65.7 Å². The zero-order valence-electron chi connectivity index (χ0n) is 15.1. The van der Waals surface area contributed by atoms with Crippen molar-refractivity contribution < 1.29 is 17.1 Å². The van der Waals surface area contributed by atoms with Crippen molar-refractivity contribution in [1.82, 2.24) is 10.6 Å². The van der Waals surface area contributed by atoms with Crippen molar-refractivity contribution in [3.8, 4) is 0 Å². The number of amidine groups is 2. The first-order chi connectivity index (χ1) is 13.0. The first kappa shape index (κ1) is 24.1. The summed E-state index contributed by atoms with van der Waals surface area (Å²) in [6.45, 7) is 0. The monoisotopic (exact) mass is 477 g/mol. The van der Waals surface area contributed by atoms with Crippen molar-refractivity contribution in [2.75, 3.05) is 14.1 Å². The van der Waals surface area contributed by atoms with Gasteiger partial charge in [-0.2, -0.15) is 10.2 Å². The van der Waals surface area contributed by atoms with Crippen LogP contribution in [0.4, 0.5) is 0 Å². The van der Waals surface area contributed by atoms with E-state index in [2.05, 4.69) is 43.7 Å². The van der Waals surface area contributed by atoms with E-state index in [4.69, 9.17) is 25.3 Å². The minimum Gasteiger partial charge on any atom is -0.741 e. The van der Waals surface area contributed by atoms with Gasteiger partial charge in [0.25, 0.3) is 0 Å². The zero-order valence-corrected chi connectivity index (χ0v) is 18.5. The van der Waals surface area contributed by atoms with Crippen molar-refractivity contribution in [1.29, 1.82) is 0 Å². The molecule has 1 radical (unpaired) electrons. The largest absolute Gasteiger partial charge is 2.00 e. The molecule has 0 fully saturated rings. The number of rotatable bonds is 5. The Morgan fingerprint density at radius 1 is 0.714 bits per heavy atom. The van der Waals surface area contributed by atoms with Gasteiger partial charge in [-0.3, -0.25) is 0 Å². The maximum atomic E-state index is 5.08. The molecule has 2 N–H and O–H groups in total. The molecule has 2 aromatic carbocycles. The van der Waals surface area contributed by atoms with Gasteiger partial charge in [-0.05, 0) is 22.5 Å². The summed E-state index contributed by atoms with van der Waals surface area (Å²) >= 11 is 14.5. The van der Waals surface area contributed by atoms with Crippen LogP contribution in [-0.4, -0.2) is 35.9 Å². The fourth-order valence-corrected chi connectivity index (χ4v) is 2.22. The number of hydrogen-bond donors (Lipinski definition) is 3. The van der Waals surface area contributed by atoms with E-state index in [1.54, 1.807) is 14.1 Å². The summed E-state index contributed by atoms with van der Waals surface area (Å²) in [4.78, 5) is 0.833. The molecule has 149 valence electrons. The normalized spacial score (nSPS) is 13.0. The van der Waals surface area contributed by atoms with Crippen LogP contribution in [0.3, 0.4) is 0 Å². The van der Waals surface area contributed by atoms with Crippen LogP contribution >= 0.6 is 12.6 Å². The molecule has 0 aliphatic rings. The van der Waals surface area contributed by atoms with Crippen LogP contribution in [0.25, 0.3) is 0 Å². The van der Waals surface area contributed by atoms with E-state index < -0.39 is 0 Å². The Bertz CT molecular complexity index is 880. The molecular formula is C18H18CuN6S3. The van der Waals surface area contributed by atoms with Crippen molar-refractivity contribution >= 4 is 59.6 Å². The van der Waals surface area contributed by atoms with Gasteiger partial charge in [0.15, 0.2) is 0 Å². The van der Waals surface area contributed by atoms with Crippen LogP contribution in [0.5, 0.6) is 0 Å². The Morgan fingerprint density at radius 2 is 1.14 bits per heavy atom. The molecule has 0 saturated heterocycles. The van der Waals surface area contributed by atoms with E-state index in [1.165, 1.54) is 0 Å². The van der Waals surface area contributed by atoms with Crippen LogP contribution in [0.15, 0.2) is 79.9 Å². The van der Waals surface area contributed by atoms with Gasteiger partial charge in [0, 0.05) is 30.1 Å². The Hall–Kier alpha value is -1.97. The van der Waals surface area contributed by atoms with Gasteiger partial charge in [-0.15, -0.1) is 22.8 Å². The van der Waals surface area contributed by atoms with E-state index in [-0.39, 0.29) is 27.4 Å². The number of thiol groups is 1. The van der Waals surface area contributed by atoms with Crippen LogP contribution in [-0.2, 0) is 42.3 Å².